The summed E-state index contributed by atoms with van der Waals surface area (Å²) in [5.41, 5.74) is 1.52. The van der Waals surface area contributed by atoms with Crippen LogP contribution < -0.4 is 0 Å². The molecule has 0 bridgehead atoms. The van der Waals surface area contributed by atoms with E-state index in [2.05, 4.69) is 78.9 Å². The van der Waals surface area contributed by atoms with Gasteiger partial charge in [0.25, 0.3) is 0 Å². The molecule has 18 heavy (non-hydrogen) atoms. The van der Waals surface area contributed by atoms with Gasteiger partial charge in [0, 0.05) is 0 Å². The summed E-state index contributed by atoms with van der Waals surface area (Å²) >= 11 is -1.56. The van der Waals surface area contributed by atoms with E-state index in [1.807, 2.05) is 0 Å². The Morgan fingerprint density at radius 2 is 1.28 bits per heavy atom. The molecule has 0 saturated carbocycles. The van der Waals surface area contributed by atoms with Crippen LogP contribution in [0.3, 0.4) is 0 Å². The summed E-state index contributed by atoms with van der Waals surface area (Å²) < 4.78 is 2.87. The molecule has 1 aromatic carbocycles. The summed E-state index contributed by atoms with van der Waals surface area (Å²) in [7, 11) is 0. The molecule has 3 rings (SSSR count). The van der Waals surface area contributed by atoms with Gasteiger partial charge in [0.2, 0.25) is 0 Å². The summed E-state index contributed by atoms with van der Waals surface area (Å²) in [5, 5.41) is 0. The monoisotopic (exact) mass is 312 g/mol. The SMILES string of the molecule is C1=C[CH]([Zr+]([CH2]c2ccccc2)[CH]2C=CC=C2)C=C1.[H-]. The van der Waals surface area contributed by atoms with Crippen LogP contribution in [0.15, 0.2) is 78.9 Å². The topological polar surface area (TPSA) is 0 Å². The Morgan fingerprint density at radius 3 is 1.78 bits per heavy atom. The van der Waals surface area contributed by atoms with E-state index in [1.165, 1.54) is 9.69 Å². The maximum atomic E-state index is 2.41. The fourth-order valence-corrected chi connectivity index (χ4v) is 10.2. The zero-order valence-corrected chi connectivity index (χ0v) is 12.8. The molecule has 0 fully saturated rings. The fraction of sp³-hybridized carbons (Fsp3) is 0.176. The van der Waals surface area contributed by atoms with Crippen LogP contribution in [0, 0.1) is 0 Å². The van der Waals surface area contributed by atoms with Gasteiger partial charge < -0.3 is 1.43 Å². The van der Waals surface area contributed by atoms with Crippen LogP contribution in [0.25, 0.3) is 0 Å². The third-order valence-corrected chi connectivity index (χ3v) is 11.7. The van der Waals surface area contributed by atoms with Crippen molar-refractivity contribution >= 4 is 0 Å². The molecule has 90 valence electrons. The van der Waals surface area contributed by atoms with Gasteiger partial charge in [0.05, 0.1) is 0 Å². The zero-order valence-electron chi connectivity index (χ0n) is 11.4. The first-order valence-corrected chi connectivity index (χ1v) is 11.1. The van der Waals surface area contributed by atoms with Gasteiger partial charge in [-0.3, -0.25) is 0 Å². The molecule has 2 aliphatic rings. The Morgan fingerprint density at radius 1 is 0.778 bits per heavy atom. The van der Waals surface area contributed by atoms with Crippen LogP contribution in [0.2, 0.25) is 7.25 Å². The largest absolute Gasteiger partial charge is 1.00 e. The normalized spacial score (nSPS) is 18.0. The molecule has 1 aromatic rings. The molecule has 0 aromatic heterocycles. The molecule has 0 unspecified atom stereocenters. The van der Waals surface area contributed by atoms with Crippen molar-refractivity contribution in [3.63, 3.8) is 0 Å². The van der Waals surface area contributed by atoms with Crippen molar-refractivity contribution in [2.75, 3.05) is 0 Å². The predicted octanol–water partition coefficient (Wildman–Crippen LogP) is 4.75. The second-order valence-electron chi connectivity index (χ2n) is 4.83. The van der Waals surface area contributed by atoms with E-state index < -0.39 is 21.8 Å². The molecule has 0 atom stereocenters. The third-order valence-electron chi connectivity index (χ3n) is 3.60. The fourth-order valence-electron chi connectivity index (χ4n) is 2.65. The summed E-state index contributed by atoms with van der Waals surface area (Å²) in [4.78, 5) is 0. The minimum absolute atomic E-state index is 0. The molecule has 2 aliphatic carbocycles. The van der Waals surface area contributed by atoms with E-state index in [9.17, 15) is 0 Å². The van der Waals surface area contributed by atoms with Crippen LogP contribution in [0.5, 0.6) is 0 Å². The molecular weight excluding hydrogens is 295 g/mol. The summed E-state index contributed by atoms with van der Waals surface area (Å²) in [5.74, 6) is 0. The second-order valence-corrected chi connectivity index (χ2v) is 11.8. The van der Waals surface area contributed by atoms with E-state index in [0.717, 1.165) is 7.25 Å². The number of rotatable bonds is 4. The number of hydrogen-bond acceptors (Lipinski definition) is 0. The van der Waals surface area contributed by atoms with Crippen molar-refractivity contribution in [1.29, 1.82) is 0 Å². The number of benzene rings is 1. The Hall–Kier alpha value is -0.937. The predicted molar refractivity (Wildman–Crippen MR) is 75.3 cm³/mol. The summed E-state index contributed by atoms with van der Waals surface area (Å²) in [6, 6.07) is 11.0. The first kappa shape index (κ1) is 12.1. The Balaban J connectivity index is 0.00000133. The third kappa shape index (κ3) is 2.73. The van der Waals surface area contributed by atoms with Crippen molar-refractivity contribution in [3.05, 3.63) is 84.5 Å². The molecule has 0 spiro atoms. The Bertz CT molecular complexity index is 461. The van der Waals surface area contributed by atoms with Crippen LogP contribution >= 0.6 is 0 Å². The van der Waals surface area contributed by atoms with Gasteiger partial charge >= 0.3 is 118 Å². The van der Waals surface area contributed by atoms with E-state index in [0.29, 0.717) is 0 Å². The molecule has 0 saturated heterocycles. The van der Waals surface area contributed by atoms with Crippen molar-refractivity contribution in [3.8, 4) is 0 Å². The van der Waals surface area contributed by atoms with Gasteiger partial charge in [-0.2, -0.15) is 0 Å². The van der Waals surface area contributed by atoms with Crippen LogP contribution in [0.4, 0.5) is 0 Å². The average Bonchev–Trinajstić information content (AvgIpc) is 3.11. The van der Waals surface area contributed by atoms with Crippen LogP contribution in [-0.2, 0) is 25.9 Å². The van der Waals surface area contributed by atoms with Gasteiger partial charge in [0.1, 0.15) is 0 Å². The van der Waals surface area contributed by atoms with Crippen LogP contribution in [0.1, 0.15) is 6.99 Å². The number of allylic oxidation sites excluding steroid dienone is 8. The molecule has 0 N–H and O–H groups in total. The minimum atomic E-state index is -1.56. The first-order chi connectivity index (χ1) is 8.93. The molecule has 0 aliphatic heterocycles. The zero-order chi connectivity index (χ0) is 12.2. The Kier molecular flexibility index (Phi) is 3.91. The maximum Gasteiger partial charge on any atom is -1.00 e. The molecule has 0 heterocycles. The Labute approximate surface area is 119 Å². The van der Waals surface area contributed by atoms with E-state index in [4.69, 9.17) is 0 Å². The van der Waals surface area contributed by atoms with E-state index in [1.54, 1.807) is 0 Å². The first-order valence-electron chi connectivity index (χ1n) is 6.53. The molecule has 0 nitrogen and oxygen atoms in total. The minimum Gasteiger partial charge on any atom is -1.00 e. The van der Waals surface area contributed by atoms with E-state index >= 15 is 0 Å². The van der Waals surface area contributed by atoms with Gasteiger partial charge in [-0.05, 0) is 0 Å². The van der Waals surface area contributed by atoms with Crippen LogP contribution in [-0.4, -0.2) is 0 Å². The van der Waals surface area contributed by atoms with Crippen molar-refractivity contribution in [2.24, 2.45) is 0 Å². The van der Waals surface area contributed by atoms with Crippen molar-refractivity contribution in [1.82, 2.24) is 0 Å². The van der Waals surface area contributed by atoms with Gasteiger partial charge in [-0.25, -0.2) is 0 Å². The summed E-state index contributed by atoms with van der Waals surface area (Å²) in [6.45, 7) is 0. The molecular formula is C17H18Zr. The van der Waals surface area contributed by atoms with Crippen molar-refractivity contribution < 1.29 is 23.2 Å². The maximum absolute atomic E-state index is 2.41. The number of hydrogen-bond donors (Lipinski definition) is 0. The van der Waals surface area contributed by atoms with E-state index in [-0.39, 0.29) is 1.43 Å². The summed E-state index contributed by atoms with van der Waals surface area (Å²) in [6.07, 6.45) is 18.5. The smallest absolute Gasteiger partial charge is 1.00 e. The van der Waals surface area contributed by atoms with Crippen molar-refractivity contribution in [2.45, 2.75) is 11.4 Å². The van der Waals surface area contributed by atoms with Gasteiger partial charge in [0.15, 0.2) is 0 Å². The molecule has 0 radical (unpaired) electrons. The molecule has 1 heteroatoms. The quantitative estimate of drug-likeness (QED) is 0.753. The second kappa shape index (κ2) is 5.80. The van der Waals surface area contributed by atoms with Gasteiger partial charge in [-0.15, -0.1) is 0 Å². The standard InChI is InChI=1S/C7H7.2C5H5.Zr.H/c1-7-5-3-2-4-6-7;2*1-2-4-5-3-1;;/h2-6H,1H2;2*1-5H;;/q;;;+1;-1. The molecule has 0 amide bonds. The van der Waals surface area contributed by atoms with Gasteiger partial charge in [-0.1, -0.05) is 0 Å². The average molecular weight is 314 g/mol.